The van der Waals surface area contributed by atoms with Crippen molar-refractivity contribution in [2.75, 3.05) is 0 Å². The zero-order valence-corrected chi connectivity index (χ0v) is 9.23. The Labute approximate surface area is 104 Å². The molecule has 0 saturated carbocycles. The van der Waals surface area contributed by atoms with Crippen molar-refractivity contribution in [2.45, 2.75) is 6.36 Å². The van der Waals surface area contributed by atoms with Gasteiger partial charge in [0.05, 0.1) is 17.4 Å². The Balaban J connectivity index is 2.55. The molecule has 1 aromatic carbocycles. The van der Waals surface area contributed by atoms with Crippen LogP contribution in [0.3, 0.4) is 0 Å². The van der Waals surface area contributed by atoms with Crippen LogP contribution in [0.1, 0.15) is 5.56 Å². The van der Waals surface area contributed by atoms with Gasteiger partial charge in [-0.25, -0.2) is 9.78 Å². The van der Waals surface area contributed by atoms with Gasteiger partial charge in [-0.15, -0.1) is 13.2 Å². The van der Waals surface area contributed by atoms with Crippen LogP contribution in [0.25, 0.3) is 17.1 Å². The summed E-state index contributed by atoms with van der Waals surface area (Å²) in [5, 5.41) is 8.54. The summed E-state index contributed by atoms with van der Waals surface area (Å²) in [5.74, 6) is -1.80. The number of hydrogen-bond acceptors (Lipinski definition) is 3. The molecule has 1 heterocycles. The molecule has 1 aromatic heterocycles. The molecule has 0 fully saturated rings. The minimum Gasteiger partial charge on any atom is -0.478 e. The number of alkyl halides is 3. The molecular weight excluding hydrogens is 265 g/mol. The average molecular weight is 272 g/mol. The number of nitrogens with one attached hydrogen (secondary N) is 1. The van der Waals surface area contributed by atoms with Crippen molar-refractivity contribution in [2.24, 2.45) is 0 Å². The maximum atomic E-state index is 12.3. The van der Waals surface area contributed by atoms with Crippen LogP contribution in [-0.2, 0) is 4.79 Å². The van der Waals surface area contributed by atoms with Crippen LogP contribution in [0.15, 0.2) is 24.5 Å². The van der Waals surface area contributed by atoms with Crippen LogP contribution in [0.5, 0.6) is 5.75 Å². The molecule has 0 radical (unpaired) electrons. The maximum absolute atomic E-state index is 12.3. The van der Waals surface area contributed by atoms with Gasteiger partial charge in [0.25, 0.3) is 0 Å². The third-order valence-corrected chi connectivity index (χ3v) is 2.21. The second-order valence-electron chi connectivity index (χ2n) is 3.50. The van der Waals surface area contributed by atoms with Crippen molar-refractivity contribution in [1.29, 1.82) is 0 Å². The number of hydrogen-bond donors (Lipinski definition) is 2. The number of benzene rings is 1. The minimum atomic E-state index is -4.87. The Morgan fingerprint density at radius 2 is 2.16 bits per heavy atom. The summed E-state index contributed by atoms with van der Waals surface area (Å²) < 4.78 is 40.6. The largest absolute Gasteiger partial charge is 0.573 e. The van der Waals surface area contributed by atoms with Crippen molar-refractivity contribution >= 4 is 23.1 Å². The second-order valence-corrected chi connectivity index (χ2v) is 3.50. The van der Waals surface area contributed by atoms with E-state index in [0.717, 1.165) is 12.1 Å². The van der Waals surface area contributed by atoms with Crippen LogP contribution in [-0.4, -0.2) is 27.4 Å². The summed E-state index contributed by atoms with van der Waals surface area (Å²) >= 11 is 0. The van der Waals surface area contributed by atoms with E-state index in [1.807, 2.05) is 0 Å². The number of rotatable bonds is 3. The summed E-state index contributed by atoms with van der Waals surface area (Å²) in [4.78, 5) is 17.0. The first kappa shape index (κ1) is 12.9. The Morgan fingerprint density at radius 1 is 1.42 bits per heavy atom. The molecule has 2 rings (SSSR count). The molecule has 0 bridgehead atoms. The molecule has 0 atom stereocenters. The number of aliphatic carboxylic acids is 1. The van der Waals surface area contributed by atoms with E-state index in [1.165, 1.54) is 12.4 Å². The molecule has 0 spiro atoms. The van der Waals surface area contributed by atoms with Gasteiger partial charge in [0, 0.05) is 11.6 Å². The molecule has 19 heavy (non-hydrogen) atoms. The zero-order valence-electron chi connectivity index (χ0n) is 9.23. The highest BCUT2D eigenvalue weighted by molar-refractivity contribution is 5.93. The van der Waals surface area contributed by atoms with Crippen LogP contribution in [0.2, 0.25) is 0 Å². The molecule has 100 valence electrons. The van der Waals surface area contributed by atoms with Crippen molar-refractivity contribution < 1.29 is 27.8 Å². The van der Waals surface area contributed by atoms with Gasteiger partial charge in [-0.05, 0) is 18.2 Å². The van der Waals surface area contributed by atoms with E-state index in [0.29, 0.717) is 11.6 Å². The van der Waals surface area contributed by atoms with Crippen LogP contribution >= 0.6 is 0 Å². The van der Waals surface area contributed by atoms with E-state index < -0.39 is 18.1 Å². The number of carboxylic acids is 1. The normalized spacial score (nSPS) is 12.2. The molecule has 0 aliphatic carbocycles. The molecular formula is C11H7F3N2O3. The monoisotopic (exact) mass is 272 g/mol. The van der Waals surface area contributed by atoms with Gasteiger partial charge in [-0.3, -0.25) is 0 Å². The summed E-state index contributed by atoms with van der Waals surface area (Å²) in [6.45, 7) is 0. The Bertz CT molecular complexity index is 646. The lowest BCUT2D eigenvalue weighted by Gasteiger charge is -2.11. The highest BCUT2D eigenvalue weighted by atomic mass is 19.4. The molecule has 0 aliphatic heterocycles. The van der Waals surface area contributed by atoms with Crippen LogP contribution in [0.4, 0.5) is 13.2 Å². The number of carbonyl (C=O) groups is 1. The van der Waals surface area contributed by atoms with Crippen molar-refractivity contribution in [1.82, 2.24) is 9.97 Å². The van der Waals surface area contributed by atoms with Gasteiger partial charge >= 0.3 is 12.3 Å². The first-order valence-electron chi connectivity index (χ1n) is 4.99. The molecule has 0 aliphatic rings. The van der Waals surface area contributed by atoms with Gasteiger partial charge in [-0.2, -0.15) is 0 Å². The Morgan fingerprint density at radius 3 is 2.79 bits per heavy atom. The number of ether oxygens (including phenoxy) is 1. The number of fused-ring (bicyclic) bond motifs is 1. The van der Waals surface area contributed by atoms with E-state index in [-0.39, 0.29) is 11.1 Å². The predicted molar refractivity (Wildman–Crippen MR) is 59.4 cm³/mol. The molecule has 2 aromatic rings. The van der Waals surface area contributed by atoms with Crippen molar-refractivity contribution in [3.63, 3.8) is 0 Å². The third-order valence-electron chi connectivity index (χ3n) is 2.21. The lowest BCUT2D eigenvalue weighted by molar-refractivity contribution is -0.274. The predicted octanol–water partition coefficient (Wildman–Crippen LogP) is 2.56. The standard InChI is InChI=1S/C11H7F3N2O3/c12-11(13,14)19-8-3-2-7-10(16-5-15-7)6(8)1-4-9(17)18/h1-5H,(H,15,16)(H,17,18)/b4-1+. The van der Waals surface area contributed by atoms with Crippen LogP contribution in [0, 0.1) is 0 Å². The van der Waals surface area contributed by atoms with Gasteiger partial charge in [0.2, 0.25) is 0 Å². The van der Waals surface area contributed by atoms with Gasteiger partial charge < -0.3 is 14.8 Å². The summed E-state index contributed by atoms with van der Waals surface area (Å²) in [6.07, 6.45) is -1.85. The fourth-order valence-corrected chi connectivity index (χ4v) is 1.54. The maximum Gasteiger partial charge on any atom is 0.573 e. The molecule has 8 heteroatoms. The summed E-state index contributed by atoms with van der Waals surface area (Å²) in [6, 6.07) is 2.46. The number of aromatic amines is 1. The van der Waals surface area contributed by atoms with E-state index in [2.05, 4.69) is 14.7 Å². The van der Waals surface area contributed by atoms with Gasteiger partial charge in [0.1, 0.15) is 5.75 Å². The Kier molecular flexibility index (Phi) is 3.16. The van der Waals surface area contributed by atoms with Crippen LogP contribution < -0.4 is 4.74 Å². The smallest absolute Gasteiger partial charge is 0.478 e. The number of H-pyrrole nitrogens is 1. The van der Waals surface area contributed by atoms with Crippen molar-refractivity contribution in [3.05, 3.63) is 30.1 Å². The fraction of sp³-hybridized carbons (Fsp3) is 0.0909. The highest BCUT2D eigenvalue weighted by Gasteiger charge is 2.32. The van der Waals surface area contributed by atoms with Gasteiger partial charge in [-0.1, -0.05) is 0 Å². The zero-order chi connectivity index (χ0) is 14.0. The first-order valence-corrected chi connectivity index (χ1v) is 4.99. The Hall–Kier alpha value is -2.51. The van der Waals surface area contributed by atoms with Crippen molar-refractivity contribution in [3.8, 4) is 5.75 Å². The molecule has 0 saturated heterocycles. The van der Waals surface area contributed by atoms with E-state index in [4.69, 9.17) is 5.11 Å². The lowest BCUT2D eigenvalue weighted by Crippen LogP contribution is -2.17. The number of imidazole rings is 1. The molecule has 5 nitrogen and oxygen atoms in total. The number of carboxylic acid groups (broad SMARTS) is 1. The lowest BCUT2D eigenvalue weighted by atomic mass is 10.1. The SMILES string of the molecule is O=C(O)/C=C/c1c(OC(F)(F)F)ccc2[nH]cnc12. The van der Waals surface area contributed by atoms with E-state index in [9.17, 15) is 18.0 Å². The topological polar surface area (TPSA) is 75.2 Å². The molecule has 2 N–H and O–H groups in total. The summed E-state index contributed by atoms with van der Waals surface area (Å²) in [7, 11) is 0. The summed E-state index contributed by atoms with van der Waals surface area (Å²) in [5.41, 5.74) is 0.609. The molecule has 0 amide bonds. The third kappa shape index (κ3) is 3.03. The van der Waals surface area contributed by atoms with E-state index >= 15 is 0 Å². The minimum absolute atomic E-state index is 0.0570. The average Bonchev–Trinajstić information content (AvgIpc) is 2.73. The number of halogens is 3. The number of aromatic nitrogens is 2. The highest BCUT2D eigenvalue weighted by Crippen LogP contribution is 2.31. The van der Waals surface area contributed by atoms with Gasteiger partial charge in [0.15, 0.2) is 0 Å². The quantitative estimate of drug-likeness (QED) is 0.842. The fourth-order valence-electron chi connectivity index (χ4n) is 1.54. The van der Waals surface area contributed by atoms with E-state index in [1.54, 1.807) is 0 Å². The first-order chi connectivity index (χ1) is 8.87. The second kappa shape index (κ2) is 4.63. The number of nitrogens with zero attached hydrogens (tertiary/aromatic N) is 1. The molecule has 0 unspecified atom stereocenters.